The summed E-state index contributed by atoms with van der Waals surface area (Å²) in [5.41, 5.74) is 2.64. The number of carbonyl (C=O) groups is 1. The molecule has 8 nitrogen and oxygen atoms in total. The summed E-state index contributed by atoms with van der Waals surface area (Å²) >= 11 is 0. The number of aliphatic hydroxyl groups excluding tert-OH is 1. The van der Waals surface area contributed by atoms with Gasteiger partial charge in [-0.3, -0.25) is 4.79 Å². The monoisotopic (exact) mass is 447 g/mol. The molecule has 4 heterocycles. The number of hydrogen-bond donors (Lipinski definition) is 2. The van der Waals surface area contributed by atoms with E-state index in [2.05, 4.69) is 25.2 Å². The van der Waals surface area contributed by atoms with Gasteiger partial charge in [0.25, 0.3) is 0 Å². The fraction of sp³-hybridized carbons (Fsp3) is 0.250. The fourth-order valence-corrected chi connectivity index (χ4v) is 4.04. The Kier molecular flexibility index (Phi) is 5.70. The van der Waals surface area contributed by atoms with E-state index in [1.165, 1.54) is 18.5 Å². The van der Waals surface area contributed by atoms with Gasteiger partial charge >= 0.3 is 0 Å². The number of carbonyl (C=O) groups excluding carboxylic acids is 1. The Balaban J connectivity index is 1.67. The summed E-state index contributed by atoms with van der Waals surface area (Å²) in [5.74, 6) is 1.78. The molecule has 1 aliphatic rings. The summed E-state index contributed by atoms with van der Waals surface area (Å²) in [6.45, 7) is 1.54. The van der Waals surface area contributed by atoms with Gasteiger partial charge in [-0.05, 0) is 29.8 Å². The van der Waals surface area contributed by atoms with E-state index >= 15 is 0 Å². The van der Waals surface area contributed by atoms with Crippen LogP contribution >= 0.6 is 0 Å². The summed E-state index contributed by atoms with van der Waals surface area (Å²) in [4.78, 5) is 27.1. The first-order valence-corrected chi connectivity index (χ1v) is 10.8. The number of pyridine rings is 1. The number of furan rings is 1. The van der Waals surface area contributed by atoms with Crippen LogP contribution in [0.15, 0.2) is 53.3 Å². The standard InChI is InChI=1S/C24H22FN5O3/c25-17-4-1-15(2-5-17)20-21-23(30-10-7-18(32)8-11-30)28-14-29-24(21)33-22(20)16-3-6-19(27-13-16)26-9-12-31/h1-6,13-14,31H,7-12H2,(H,26,27). The molecular weight excluding hydrogens is 425 g/mol. The van der Waals surface area contributed by atoms with E-state index in [1.807, 2.05) is 6.07 Å². The summed E-state index contributed by atoms with van der Waals surface area (Å²) in [5, 5.41) is 12.7. The van der Waals surface area contributed by atoms with E-state index in [-0.39, 0.29) is 18.2 Å². The minimum Gasteiger partial charge on any atom is -0.437 e. The molecule has 0 unspecified atom stereocenters. The second-order valence-corrected chi connectivity index (χ2v) is 7.80. The van der Waals surface area contributed by atoms with Crippen LogP contribution in [0.3, 0.4) is 0 Å². The van der Waals surface area contributed by atoms with Crippen LogP contribution in [-0.4, -0.2) is 52.1 Å². The molecule has 0 amide bonds. The second-order valence-electron chi connectivity index (χ2n) is 7.80. The van der Waals surface area contributed by atoms with Crippen LogP contribution < -0.4 is 10.2 Å². The predicted octanol–water partition coefficient (Wildman–Crippen LogP) is 3.66. The van der Waals surface area contributed by atoms with Crippen molar-refractivity contribution in [2.45, 2.75) is 12.8 Å². The Morgan fingerprint density at radius 2 is 1.79 bits per heavy atom. The minimum atomic E-state index is -0.333. The number of nitrogens with zero attached hydrogens (tertiary/aromatic N) is 4. The maximum absolute atomic E-state index is 13.7. The summed E-state index contributed by atoms with van der Waals surface area (Å²) in [7, 11) is 0. The quantitative estimate of drug-likeness (QED) is 0.461. The molecule has 0 radical (unpaired) electrons. The number of hydrogen-bond acceptors (Lipinski definition) is 8. The SMILES string of the molecule is O=C1CCN(c2ncnc3oc(-c4ccc(NCCO)nc4)c(-c4ccc(F)cc4)c23)CC1. The van der Waals surface area contributed by atoms with E-state index in [0.717, 1.165) is 22.1 Å². The summed E-state index contributed by atoms with van der Waals surface area (Å²) in [6, 6.07) is 9.87. The molecule has 0 aliphatic carbocycles. The molecule has 3 aromatic heterocycles. The van der Waals surface area contributed by atoms with Gasteiger partial charge in [-0.1, -0.05) is 12.1 Å². The maximum atomic E-state index is 13.7. The lowest BCUT2D eigenvalue weighted by Gasteiger charge is -2.27. The lowest BCUT2D eigenvalue weighted by atomic mass is 9.99. The van der Waals surface area contributed by atoms with Crippen LogP contribution in [0, 0.1) is 5.82 Å². The molecule has 0 bridgehead atoms. The van der Waals surface area contributed by atoms with Crippen molar-refractivity contribution in [3.05, 3.63) is 54.7 Å². The first kappa shape index (κ1) is 21.0. The van der Waals surface area contributed by atoms with E-state index in [0.29, 0.717) is 55.6 Å². The summed E-state index contributed by atoms with van der Waals surface area (Å²) in [6.07, 6.45) is 4.07. The van der Waals surface area contributed by atoms with Gasteiger partial charge in [-0.2, -0.15) is 0 Å². The summed E-state index contributed by atoms with van der Waals surface area (Å²) < 4.78 is 19.9. The van der Waals surface area contributed by atoms with Gasteiger partial charge < -0.3 is 19.7 Å². The molecule has 0 saturated carbocycles. The third-order valence-corrected chi connectivity index (χ3v) is 5.67. The number of rotatable bonds is 6. The zero-order valence-electron chi connectivity index (χ0n) is 17.8. The lowest BCUT2D eigenvalue weighted by molar-refractivity contribution is -0.119. The van der Waals surface area contributed by atoms with Crippen molar-refractivity contribution in [1.29, 1.82) is 0 Å². The van der Waals surface area contributed by atoms with Crippen LogP contribution in [0.5, 0.6) is 0 Å². The zero-order chi connectivity index (χ0) is 22.8. The highest BCUT2D eigenvalue weighted by Gasteiger charge is 2.26. The van der Waals surface area contributed by atoms with Gasteiger partial charge in [0, 0.05) is 49.8 Å². The molecule has 0 atom stereocenters. The number of Topliss-reactive ketones (excluding diaryl/α,β-unsaturated/α-hetero) is 1. The van der Waals surface area contributed by atoms with Crippen LogP contribution in [0.4, 0.5) is 16.0 Å². The third kappa shape index (κ3) is 4.14. The Bertz CT molecular complexity index is 1280. The first-order valence-electron chi connectivity index (χ1n) is 10.8. The van der Waals surface area contributed by atoms with Gasteiger partial charge in [-0.25, -0.2) is 19.3 Å². The number of halogens is 1. The van der Waals surface area contributed by atoms with E-state index in [9.17, 15) is 9.18 Å². The first-order chi connectivity index (χ1) is 16.1. The molecule has 1 aromatic carbocycles. The molecule has 1 aliphatic heterocycles. The number of aromatic nitrogens is 3. The topological polar surface area (TPSA) is 104 Å². The number of nitrogens with one attached hydrogen (secondary N) is 1. The number of ketones is 1. The number of benzene rings is 1. The zero-order valence-corrected chi connectivity index (χ0v) is 17.8. The van der Waals surface area contributed by atoms with Crippen LogP contribution in [-0.2, 0) is 4.79 Å². The molecule has 0 spiro atoms. The van der Waals surface area contributed by atoms with E-state index < -0.39 is 0 Å². The number of anilines is 2. The Morgan fingerprint density at radius 1 is 1.03 bits per heavy atom. The highest BCUT2D eigenvalue weighted by molar-refractivity contribution is 6.06. The molecular formula is C24H22FN5O3. The number of aliphatic hydroxyl groups is 1. The molecule has 33 heavy (non-hydrogen) atoms. The van der Waals surface area contributed by atoms with Crippen molar-refractivity contribution in [2.24, 2.45) is 0 Å². The van der Waals surface area contributed by atoms with Crippen LogP contribution in [0.25, 0.3) is 33.6 Å². The van der Waals surface area contributed by atoms with Gasteiger partial charge in [-0.15, -0.1) is 0 Å². The van der Waals surface area contributed by atoms with Gasteiger partial charge in [0.15, 0.2) is 0 Å². The van der Waals surface area contributed by atoms with Crippen molar-refractivity contribution in [1.82, 2.24) is 15.0 Å². The molecule has 1 fully saturated rings. The Labute approximate surface area is 189 Å². The van der Waals surface area contributed by atoms with Crippen molar-refractivity contribution in [2.75, 3.05) is 36.5 Å². The van der Waals surface area contributed by atoms with Crippen molar-refractivity contribution >= 4 is 28.5 Å². The highest BCUT2D eigenvalue weighted by Crippen LogP contribution is 2.43. The van der Waals surface area contributed by atoms with Crippen molar-refractivity contribution < 1.29 is 18.7 Å². The Morgan fingerprint density at radius 3 is 2.48 bits per heavy atom. The van der Waals surface area contributed by atoms with E-state index in [4.69, 9.17) is 9.52 Å². The predicted molar refractivity (Wildman–Crippen MR) is 122 cm³/mol. The molecule has 9 heteroatoms. The lowest BCUT2D eigenvalue weighted by Crippen LogP contribution is -2.34. The second kappa shape index (κ2) is 8.95. The van der Waals surface area contributed by atoms with Crippen LogP contribution in [0.2, 0.25) is 0 Å². The van der Waals surface area contributed by atoms with E-state index in [1.54, 1.807) is 24.4 Å². The van der Waals surface area contributed by atoms with Gasteiger partial charge in [0.2, 0.25) is 5.71 Å². The smallest absolute Gasteiger partial charge is 0.232 e. The fourth-order valence-electron chi connectivity index (χ4n) is 4.04. The average molecular weight is 447 g/mol. The molecule has 4 aromatic rings. The number of piperidine rings is 1. The van der Waals surface area contributed by atoms with Crippen molar-refractivity contribution in [3.8, 4) is 22.5 Å². The highest BCUT2D eigenvalue weighted by atomic mass is 19.1. The molecule has 1 saturated heterocycles. The molecule has 2 N–H and O–H groups in total. The van der Waals surface area contributed by atoms with Gasteiger partial charge in [0.1, 0.15) is 35.3 Å². The largest absolute Gasteiger partial charge is 0.437 e. The average Bonchev–Trinajstić information content (AvgIpc) is 3.24. The normalized spacial score (nSPS) is 14.1. The van der Waals surface area contributed by atoms with Crippen molar-refractivity contribution in [3.63, 3.8) is 0 Å². The van der Waals surface area contributed by atoms with Crippen LogP contribution in [0.1, 0.15) is 12.8 Å². The third-order valence-electron chi connectivity index (χ3n) is 5.67. The molecule has 168 valence electrons. The molecule has 5 rings (SSSR count). The Hall–Kier alpha value is -3.85. The minimum absolute atomic E-state index is 0.00522. The van der Waals surface area contributed by atoms with Gasteiger partial charge in [0.05, 0.1) is 12.0 Å². The number of fused-ring (bicyclic) bond motifs is 1. The maximum Gasteiger partial charge on any atom is 0.232 e.